The number of hydrogen-bond acceptors (Lipinski definition) is 8. The highest BCUT2D eigenvalue weighted by Crippen LogP contribution is 2.36. The maximum Gasteiger partial charge on any atom is 0.266 e. The minimum Gasteiger partial charge on any atom is -0.497 e. The van der Waals surface area contributed by atoms with E-state index < -0.39 is 0 Å². The van der Waals surface area contributed by atoms with Gasteiger partial charge >= 0.3 is 0 Å². The van der Waals surface area contributed by atoms with E-state index in [0.29, 0.717) is 16.3 Å². The summed E-state index contributed by atoms with van der Waals surface area (Å²) in [5.41, 5.74) is 2.77. The second-order valence-corrected chi connectivity index (χ2v) is 10.5. The molecule has 0 spiro atoms. The Morgan fingerprint density at radius 3 is 2.17 bits per heavy atom. The number of nitrogens with zero attached hydrogens (tertiary/aromatic N) is 4. The lowest BCUT2D eigenvalue weighted by Crippen LogP contribution is -2.46. The maximum absolute atomic E-state index is 13.3. The molecular weight excluding hydrogens is 522 g/mol. The van der Waals surface area contributed by atoms with Crippen molar-refractivity contribution in [2.24, 2.45) is 0 Å². The number of benzene rings is 3. The monoisotopic (exact) mass is 551 g/mol. The van der Waals surface area contributed by atoms with Crippen molar-refractivity contribution in [1.82, 2.24) is 9.97 Å². The van der Waals surface area contributed by atoms with E-state index in [2.05, 4.69) is 37.2 Å². The summed E-state index contributed by atoms with van der Waals surface area (Å²) in [6.07, 6.45) is 1.59. The Labute approximate surface area is 236 Å². The molecule has 2 aromatic heterocycles. The van der Waals surface area contributed by atoms with Crippen LogP contribution in [0.15, 0.2) is 85.2 Å². The lowest BCUT2D eigenvalue weighted by molar-refractivity contribution is 0.103. The number of aromatic nitrogens is 2. The lowest BCUT2D eigenvalue weighted by Gasteiger charge is -2.37. The van der Waals surface area contributed by atoms with E-state index in [-0.39, 0.29) is 5.91 Å². The Morgan fingerprint density at radius 2 is 1.48 bits per heavy atom. The summed E-state index contributed by atoms with van der Waals surface area (Å²) in [4.78, 5) is 28.6. The van der Waals surface area contributed by atoms with Crippen LogP contribution in [0.5, 0.6) is 17.2 Å². The largest absolute Gasteiger partial charge is 0.497 e. The number of para-hydroxylation sites is 1. The van der Waals surface area contributed by atoms with Crippen LogP contribution >= 0.6 is 11.3 Å². The average Bonchev–Trinajstić information content (AvgIpc) is 3.35. The molecule has 9 heteroatoms. The van der Waals surface area contributed by atoms with Gasteiger partial charge < -0.3 is 24.6 Å². The molecule has 8 nitrogen and oxygen atoms in total. The van der Waals surface area contributed by atoms with Crippen molar-refractivity contribution in [3.8, 4) is 17.2 Å². The third-order valence-electron chi connectivity index (χ3n) is 7.02. The Hall–Kier alpha value is -4.63. The first-order valence-corrected chi connectivity index (χ1v) is 13.9. The first-order chi connectivity index (χ1) is 19.6. The molecule has 0 bridgehead atoms. The Balaban J connectivity index is 1.15. The molecule has 202 valence electrons. The Kier molecular flexibility index (Phi) is 7.20. The Morgan fingerprint density at radius 1 is 0.825 bits per heavy atom. The second-order valence-electron chi connectivity index (χ2n) is 9.50. The number of anilines is 3. The molecule has 5 aromatic rings. The van der Waals surface area contributed by atoms with Crippen LogP contribution in [0.4, 0.5) is 17.2 Å². The predicted molar refractivity (Wildman–Crippen MR) is 160 cm³/mol. The molecular formula is C31H29N5O3S. The average molecular weight is 552 g/mol. The van der Waals surface area contributed by atoms with Crippen molar-refractivity contribution in [3.63, 3.8) is 0 Å². The van der Waals surface area contributed by atoms with Gasteiger partial charge in [-0.25, -0.2) is 9.97 Å². The molecule has 1 saturated heterocycles. The van der Waals surface area contributed by atoms with Crippen LogP contribution in [0.1, 0.15) is 15.2 Å². The lowest BCUT2D eigenvalue weighted by atomic mass is 10.1. The number of carbonyl (C=O) groups excluding carboxylic acids is 1. The number of thiophene rings is 1. The van der Waals surface area contributed by atoms with Crippen molar-refractivity contribution < 1.29 is 14.3 Å². The summed E-state index contributed by atoms with van der Waals surface area (Å²) in [5.74, 6) is 3.04. The van der Waals surface area contributed by atoms with E-state index in [1.807, 2.05) is 73.7 Å². The molecule has 3 aromatic carbocycles. The molecule has 1 amide bonds. The number of aryl methyl sites for hydroxylation is 1. The van der Waals surface area contributed by atoms with Gasteiger partial charge in [0.15, 0.2) is 0 Å². The van der Waals surface area contributed by atoms with Gasteiger partial charge in [-0.3, -0.25) is 4.79 Å². The highest BCUT2D eigenvalue weighted by Gasteiger charge is 2.25. The van der Waals surface area contributed by atoms with Gasteiger partial charge in [0, 0.05) is 37.6 Å². The van der Waals surface area contributed by atoms with Gasteiger partial charge in [-0.1, -0.05) is 18.2 Å². The number of nitrogens with one attached hydrogen (secondary N) is 1. The minimum absolute atomic E-state index is 0.160. The van der Waals surface area contributed by atoms with Gasteiger partial charge in [0.25, 0.3) is 5.91 Å². The zero-order valence-corrected chi connectivity index (χ0v) is 23.1. The maximum atomic E-state index is 13.3. The van der Waals surface area contributed by atoms with E-state index in [4.69, 9.17) is 9.47 Å². The molecule has 1 fully saturated rings. The fourth-order valence-corrected chi connectivity index (χ4v) is 5.94. The van der Waals surface area contributed by atoms with Crippen LogP contribution in [-0.2, 0) is 0 Å². The van der Waals surface area contributed by atoms with Gasteiger partial charge in [-0.05, 0) is 73.2 Å². The topological polar surface area (TPSA) is 79.8 Å². The van der Waals surface area contributed by atoms with E-state index in [1.165, 1.54) is 17.0 Å². The van der Waals surface area contributed by atoms with Gasteiger partial charge in [0.2, 0.25) is 0 Å². The van der Waals surface area contributed by atoms with E-state index in [9.17, 15) is 4.79 Å². The van der Waals surface area contributed by atoms with E-state index in [1.54, 1.807) is 13.4 Å². The molecule has 1 N–H and O–H groups in total. The van der Waals surface area contributed by atoms with Crippen LogP contribution in [0.2, 0.25) is 0 Å². The van der Waals surface area contributed by atoms with Gasteiger partial charge in [-0.15, -0.1) is 11.3 Å². The fraction of sp³-hybridized carbons (Fsp3) is 0.194. The van der Waals surface area contributed by atoms with Crippen LogP contribution in [0, 0.1) is 6.92 Å². The molecule has 0 saturated carbocycles. The number of methoxy groups -OCH3 is 1. The SMILES string of the molecule is COc1ccc(N2CCN(c3ncnc4sc(C(=O)Nc5ccc(Oc6ccccc6)cc5)c(C)c34)CC2)cc1. The smallest absolute Gasteiger partial charge is 0.266 e. The van der Waals surface area contributed by atoms with Crippen molar-refractivity contribution in [2.45, 2.75) is 6.92 Å². The molecule has 40 heavy (non-hydrogen) atoms. The van der Waals surface area contributed by atoms with Crippen LogP contribution in [0.3, 0.4) is 0 Å². The van der Waals surface area contributed by atoms with Crippen LogP contribution in [0.25, 0.3) is 10.2 Å². The number of piperazine rings is 1. The zero-order chi connectivity index (χ0) is 27.5. The first kappa shape index (κ1) is 25.6. The number of ether oxygens (including phenoxy) is 2. The zero-order valence-electron chi connectivity index (χ0n) is 22.3. The van der Waals surface area contributed by atoms with Crippen molar-refractivity contribution in [2.75, 3.05) is 48.4 Å². The normalized spacial score (nSPS) is 13.3. The van der Waals surface area contributed by atoms with Crippen LogP contribution < -0.4 is 24.6 Å². The summed E-state index contributed by atoms with van der Waals surface area (Å²) in [6, 6.07) is 25.1. The van der Waals surface area contributed by atoms with Gasteiger partial charge in [0.1, 0.15) is 34.2 Å². The Bertz CT molecular complexity index is 1610. The molecule has 1 aliphatic rings. The molecule has 1 aliphatic heterocycles. The standard InChI is InChI=1S/C31H29N5O3S/c1-21-27-29(36-18-16-35(17-19-36)23-10-14-24(38-2)15-11-23)32-20-33-31(27)40-28(21)30(37)34-22-8-12-26(13-9-22)39-25-6-4-3-5-7-25/h3-15,20H,16-19H2,1-2H3,(H,34,37). The fourth-order valence-electron chi connectivity index (χ4n) is 4.90. The minimum atomic E-state index is -0.160. The molecule has 0 atom stereocenters. The van der Waals surface area contributed by atoms with Crippen LogP contribution in [-0.4, -0.2) is 49.2 Å². The summed E-state index contributed by atoms with van der Waals surface area (Å²) in [6.45, 7) is 5.38. The third kappa shape index (κ3) is 5.28. The predicted octanol–water partition coefficient (Wildman–Crippen LogP) is 6.38. The number of amides is 1. The second kappa shape index (κ2) is 11.2. The number of fused-ring (bicyclic) bond motifs is 1. The quantitative estimate of drug-likeness (QED) is 0.251. The molecule has 0 radical (unpaired) electrons. The van der Waals surface area contributed by atoms with Gasteiger partial charge in [0.05, 0.1) is 17.4 Å². The summed E-state index contributed by atoms with van der Waals surface area (Å²) in [7, 11) is 1.68. The highest BCUT2D eigenvalue weighted by molar-refractivity contribution is 7.20. The van der Waals surface area contributed by atoms with E-state index >= 15 is 0 Å². The van der Waals surface area contributed by atoms with Crippen molar-refractivity contribution in [1.29, 1.82) is 0 Å². The number of rotatable bonds is 7. The summed E-state index contributed by atoms with van der Waals surface area (Å²) in [5, 5.41) is 3.97. The molecule has 0 unspecified atom stereocenters. The van der Waals surface area contributed by atoms with Crippen molar-refractivity contribution in [3.05, 3.63) is 95.6 Å². The first-order valence-electron chi connectivity index (χ1n) is 13.1. The van der Waals surface area contributed by atoms with Gasteiger partial charge in [-0.2, -0.15) is 0 Å². The number of hydrogen-bond donors (Lipinski definition) is 1. The molecule has 0 aliphatic carbocycles. The summed E-state index contributed by atoms with van der Waals surface area (Å²) >= 11 is 1.40. The number of carbonyl (C=O) groups is 1. The van der Waals surface area contributed by atoms with E-state index in [0.717, 1.165) is 59.3 Å². The third-order valence-corrected chi connectivity index (χ3v) is 8.22. The molecule has 3 heterocycles. The van der Waals surface area contributed by atoms with Crippen molar-refractivity contribution >= 4 is 44.7 Å². The highest BCUT2D eigenvalue weighted by atomic mass is 32.1. The summed E-state index contributed by atoms with van der Waals surface area (Å²) < 4.78 is 11.1. The molecule has 6 rings (SSSR count).